The van der Waals surface area contributed by atoms with Crippen LogP contribution in [-0.4, -0.2) is 18.1 Å². The van der Waals surface area contributed by atoms with E-state index in [2.05, 4.69) is 9.05 Å². The zero-order valence-electron chi connectivity index (χ0n) is 4.95. The molecule has 0 aromatic rings. The van der Waals surface area contributed by atoms with Crippen LogP contribution in [0.25, 0.3) is 0 Å². The summed E-state index contributed by atoms with van der Waals surface area (Å²) < 4.78 is 19.5. The van der Waals surface area contributed by atoms with Crippen molar-refractivity contribution in [3.63, 3.8) is 0 Å². The summed E-state index contributed by atoms with van der Waals surface area (Å²) in [6.07, 6.45) is 1.59. The maximum Gasteiger partial charge on any atom is 0.472 e. The fourth-order valence-electron chi connectivity index (χ4n) is 0.601. The second kappa shape index (κ2) is 2.80. The number of phosphoric acid groups is 1. The highest BCUT2D eigenvalue weighted by molar-refractivity contribution is 7.47. The third-order valence-corrected chi connectivity index (χ3v) is 2.07. The van der Waals surface area contributed by atoms with E-state index >= 15 is 0 Å². The molecule has 0 atom stereocenters. The van der Waals surface area contributed by atoms with Gasteiger partial charge in [0, 0.05) is 0 Å². The monoisotopic (exact) mass is 152 g/mol. The Bertz CT molecular complexity index is 123. The first-order valence-electron chi connectivity index (χ1n) is 2.83. The minimum absolute atomic E-state index is 0.327. The Morgan fingerprint density at radius 3 is 2.11 bits per heavy atom. The molecule has 1 aliphatic heterocycles. The van der Waals surface area contributed by atoms with Crippen LogP contribution in [-0.2, 0) is 13.6 Å². The van der Waals surface area contributed by atoms with Gasteiger partial charge in [-0.1, -0.05) is 0 Å². The summed E-state index contributed by atoms with van der Waals surface area (Å²) in [5.74, 6) is 0. The highest BCUT2D eigenvalue weighted by Gasteiger charge is 2.22. The van der Waals surface area contributed by atoms with Gasteiger partial charge in [-0.15, -0.1) is 0 Å². The second-order valence-electron chi connectivity index (χ2n) is 1.84. The van der Waals surface area contributed by atoms with Gasteiger partial charge in [0.25, 0.3) is 0 Å². The van der Waals surface area contributed by atoms with Crippen LogP contribution in [0.3, 0.4) is 0 Å². The first-order valence-corrected chi connectivity index (χ1v) is 4.32. The fourth-order valence-corrected chi connectivity index (χ4v) is 1.40. The van der Waals surface area contributed by atoms with E-state index in [4.69, 9.17) is 4.89 Å². The van der Waals surface area contributed by atoms with Gasteiger partial charge < -0.3 is 4.89 Å². The maximum atomic E-state index is 10.6. The average molecular weight is 152 g/mol. The van der Waals surface area contributed by atoms with E-state index in [1.807, 2.05) is 0 Å². The van der Waals surface area contributed by atoms with E-state index in [0.717, 1.165) is 12.8 Å². The topological polar surface area (TPSA) is 55.8 Å². The molecule has 1 saturated heterocycles. The molecule has 0 unspecified atom stereocenters. The Morgan fingerprint density at radius 1 is 1.22 bits per heavy atom. The van der Waals surface area contributed by atoms with E-state index in [-0.39, 0.29) is 0 Å². The van der Waals surface area contributed by atoms with Gasteiger partial charge in [-0.25, -0.2) is 4.57 Å². The zero-order chi connectivity index (χ0) is 6.74. The van der Waals surface area contributed by atoms with Crippen molar-refractivity contribution in [1.29, 1.82) is 0 Å². The molecule has 5 heteroatoms. The zero-order valence-corrected chi connectivity index (χ0v) is 5.84. The molecule has 0 aliphatic carbocycles. The smallest absolute Gasteiger partial charge is 0.302 e. The summed E-state index contributed by atoms with van der Waals surface area (Å²) in [5.41, 5.74) is 0. The molecule has 0 bridgehead atoms. The molecule has 1 aliphatic rings. The van der Waals surface area contributed by atoms with Gasteiger partial charge in [-0.05, 0) is 12.8 Å². The summed E-state index contributed by atoms with van der Waals surface area (Å²) in [6.45, 7) is 0.654. The first kappa shape index (κ1) is 7.22. The molecule has 1 fully saturated rings. The van der Waals surface area contributed by atoms with E-state index in [9.17, 15) is 4.57 Å². The van der Waals surface area contributed by atoms with Crippen LogP contribution < -0.4 is 0 Å². The van der Waals surface area contributed by atoms with Crippen molar-refractivity contribution in [3.05, 3.63) is 0 Å². The Balaban J connectivity index is 2.45. The highest BCUT2D eigenvalue weighted by Crippen LogP contribution is 2.44. The second-order valence-corrected chi connectivity index (χ2v) is 3.30. The summed E-state index contributed by atoms with van der Waals surface area (Å²) in [4.78, 5) is 8.67. The Kier molecular flexibility index (Phi) is 2.24. The van der Waals surface area contributed by atoms with Crippen LogP contribution in [0.2, 0.25) is 0 Å². The lowest BCUT2D eigenvalue weighted by molar-refractivity contribution is 0.176. The van der Waals surface area contributed by atoms with Gasteiger partial charge in [0.1, 0.15) is 0 Å². The Hall–Kier alpha value is 0.110. The first-order chi connectivity index (χ1) is 4.21. The Morgan fingerprint density at radius 2 is 1.67 bits per heavy atom. The summed E-state index contributed by atoms with van der Waals surface area (Å²) in [7, 11) is -3.63. The van der Waals surface area contributed by atoms with E-state index in [1.54, 1.807) is 0 Å². The molecule has 0 amide bonds. The highest BCUT2D eigenvalue weighted by atomic mass is 31.2. The van der Waals surface area contributed by atoms with Crippen LogP contribution >= 0.6 is 7.82 Å². The molecular weight excluding hydrogens is 143 g/mol. The van der Waals surface area contributed by atoms with Crippen molar-refractivity contribution in [2.24, 2.45) is 0 Å². The third kappa shape index (κ3) is 2.45. The molecule has 54 valence electrons. The minimum atomic E-state index is -3.63. The lowest BCUT2D eigenvalue weighted by Gasteiger charge is -2.05. The SMILES string of the molecule is O=P1(O)OCCCCO1. The molecule has 1 heterocycles. The van der Waals surface area contributed by atoms with Gasteiger partial charge in [0.15, 0.2) is 0 Å². The quantitative estimate of drug-likeness (QED) is 0.524. The normalized spacial score (nSPS) is 27.2. The van der Waals surface area contributed by atoms with Gasteiger partial charge in [0.05, 0.1) is 13.2 Å². The Labute approximate surface area is 53.4 Å². The number of hydrogen-bond acceptors (Lipinski definition) is 3. The molecule has 0 aromatic heterocycles. The van der Waals surface area contributed by atoms with Crippen molar-refractivity contribution in [1.82, 2.24) is 0 Å². The molecule has 0 radical (unpaired) electrons. The largest absolute Gasteiger partial charge is 0.472 e. The third-order valence-electron chi connectivity index (χ3n) is 1.05. The van der Waals surface area contributed by atoms with Gasteiger partial charge >= 0.3 is 7.82 Å². The van der Waals surface area contributed by atoms with Crippen molar-refractivity contribution in [3.8, 4) is 0 Å². The summed E-state index contributed by atoms with van der Waals surface area (Å²) in [6, 6.07) is 0. The van der Waals surface area contributed by atoms with Crippen LogP contribution in [0.5, 0.6) is 0 Å². The number of phosphoric ester groups is 1. The van der Waals surface area contributed by atoms with Gasteiger partial charge in [-0.3, -0.25) is 9.05 Å². The van der Waals surface area contributed by atoms with Crippen molar-refractivity contribution in [2.45, 2.75) is 12.8 Å². The van der Waals surface area contributed by atoms with Crippen LogP contribution in [0, 0.1) is 0 Å². The molecule has 9 heavy (non-hydrogen) atoms. The predicted octanol–water partition coefficient (Wildman–Crippen LogP) is 0.914. The molecule has 1 rings (SSSR count). The standard InChI is InChI=1S/C4H9O4P/c5-9(6)7-3-1-2-4-8-9/h1-4H2,(H,5,6). The summed E-state index contributed by atoms with van der Waals surface area (Å²) in [5, 5.41) is 0. The molecular formula is C4H9O4P. The predicted molar refractivity (Wildman–Crippen MR) is 31.0 cm³/mol. The van der Waals surface area contributed by atoms with Crippen molar-refractivity contribution < 1.29 is 18.5 Å². The van der Waals surface area contributed by atoms with Gasteiger partial charge in [-0.2, -0.15) is 0 Å². The maximum absolute atomic E-state index is 10.6. The average Bonchev–Trinajstić information content (AvgIpc) is 1.92. The molecule has 1 N–H and O–H groups in total. The molecule has 0 spiro atoms. The lowest BCUT2D eigenvalue weighted by Crippen LogP contribution is -1.89. The van der Waals surface area contributed by atoms with Crippen LogP contribution in [0.15, 0.2) is 0 Å². The van der Waals surface area contributed by atoms with Crippen LogP contribution in [0.4, 0.5) is 0 Å². The molecule has 4 nitrogen and oxygen atoms in total. The lowest BCUT2D eigenvalue weighted by atomic mass is 10.3. The summed E-state index contributed by atoms with van der Waals surface area (Å²) >= 11 is 0. The molecule has 0 aromatic carbocycles. The number of hydrogen-bond donors (Lipinski definition) is 1. The van der Waals surface area contributed by atoms with Crippen molar-refractivity contribution in [2.75, 3.05) is 13.2 Å². The minimum Gasteiger partial charge on any atom is -0.302 e. The van der Waals surface area contributed by atoms with E-state index in [1.165, 1.54) is 0 Å². The van der Waals surface area contributed by atoms with Crippen LogP contribution in [0.1, 0.15) is 12.8 Å². The van der Waals surface area contributed by atoms with Crippen molar-refractivity contribution >= 4 is 7.82 Å². The van der Waals surface area contributed by atoms with E-state index < -0.39 is 7.82 Å². The number of rotatable bonds is 0. The van der Waals surface area contributed by atoms with Gasteiger partial charge in [0.2, 0.25) is 0 Å². The molecule has 0 saturated carbocycles. The van der Waals surface area contributed by atoms with E-state index in [0.29, 0.717) is 13.2 Å². The fraction of sp³-hybridized carbons (Fsp3) is 1.00.